The van der Waals surface area contributed by atoms with E-state index in [4.69, 9.17) is 4.74 Å². The highest BCUT2D eigenvalue weighted by atomic mass is 16.6. The maximum absolute atomic E-state index is 10.7. The molecule has 1 aliphatic carbocycles. The summed E-state index contributed by atoms with van der Waals surface area (Å²) in [5.74, 6) is -0.448. The third kappa shape index (κ3) is 2.02. The van der Waals surface area contributed by atoms with Gasteiger partial charge in [0.15, 0.2) is 0 Å². The maximum Gasteiger partial charge on any atom is 0.381 e. The van der Waals surface area contributed by atoms with Crippen molar-refractivity contribution in [2.45, 2.75) is 31.9 Å². The molecular weight excluding hydrogens is 214 g/mol. The second-order valence-corrected chi connectivity index (χ2v) is 3.79. The molecule has 86 valence electrons. The number of rotatable bonds is 3. The van der Waals surface area contributed by atoms with Crippen molar-refractivity contribution in [2.75, 3.05) is 0 Å². The molecule has 1 aliphatic rings. The summed E-state index contributed by atoms with van der Waals surface area (Å²) in [6, 6.07) is 0.144. The van der Waals surface area contributed by atoms with E-state index >= 15 is 0 Å². The Morgan fingerprint density at radius 3 is 2.88 bits per heavy atom. The van der Waals surface area contributed by atoms with Crippen LogP contribution in [0.15, 0.2) is 12.5 Å². The number of carbonyl (C=O) groups excluding carboxylic acids is 1. The Labute approximate surface area is 91.2 Å². The number of hydrogen-bond donors (Lipinski definition) is 0. The van der Waals surface area contributed by atoms with Gasteiger partial charge in [0.25, 0.3) is 0 Å². The minimum Gasteiger partial charge on any atom is -0.462 e. The third-order valence-electron chi connectivity index (χ3n) is 2.60. The lowest BCUT2D eigenvalue weighted by molar-refractivity contribution is -0.389. The van der Waals surface area contributed by atoms with E-state index in [0.29, 0.717) is 12.8 Å². The van der Waals surface area contributed by atoms with E-state index in [1.165, 1.54) is 19.4 Å². The van der Waals surface area contributed by atoms with E-state index in [1.807, 2.05) is 0 Å². The first-order valence-electron chi connectivity index (χ1n) is 4.91. The molecule has 0 unspecified atom stereocenters. The van der Waals surface area contributed by atoms with Crippen LogP contribution in [0.5, 0.6) is 0 Å². The van der Waals surface area contributed by atoms with Crippen LogP contribution in [-0.4, -0.2) is 26.5 Å². The van der Waals surface area contributed by atoms with E-state index < -0.39 is 4.92 Å². The van der Waals surface area contributed by atoms with Gasteiger partial charge in [0, 0.05) is 25.8 Å². The number of nitrogens with zero attached hydrogens (tertiary/aromatic N) is 3. The normalized spacial score (nSPS) is 23.6. The van der Waals surface area contributed by atoms with Crippen molar-refractivity contribution in [1.82, 2.24) is 9.55 Å². The monoisotopic (exact) mass is 225 g/mol. The smallest absolute Gasteiger partial charge is 0.381 e. The Balaban J connectivity index is 1.91. The fraction of sp³-hybridized carbons (Fsp3) is 0.556. The largest absolute Gasteiger partial charge is 0.462 e. The van der Waals surface area contributed by atoms with Gasteiger partial charge >= 0.3 is 11.8 Å². The number of carbonyl (C=O) groups is 1. The lowest BCUT2D eigenvalue weighted by Crippen LogP contribution is -2.34. The summed E-state index contributed by atoms with van der Waals surface area (Å²) >= 11 is 0. The van der Waals surface area contributed by atoms with E-state index in [2.05, 4.69) is 4.98 Å². The van der Waals surface area contributed by atoms with Crippen molar-refractivity contribution >= 4 is 11.8 Å². The van der Waals surface area contributed by atoms with Crippen molar-refractivity contribution in [2.24, 2.45) is 0 Å². The van der Waals surface area contributed by atoms with Crippen LogP contribution < -0.4 is 0 Å². The van der Waals surface area contributed by atoms with Crippen LogP contribution >= 0.6 is 0 Å². The molecule has 0 atom stereocenters. The number of nitro groups is 1. The summed E-state index contributed by atoms with van der Waals surface area (Å²) in [6.45, 7) is 1.37. The zero-order valence-corrected chi connectivity index (χ0v) is 8.70. The summed E-state index contributed by atoms with van der Waals surface area (Å²) in [4.78, 5) is 24.2. The average molecular weight is 225 g/mol. The molecule has 1 fully saturated rings. The highest BCUT2D eigenvalue weighted by Gasteiger charge is 2.33. The molecule has 0 bridgehead atoms. The summed E-state index contributed by atoms with van der Waals surface area (Å²) in [5.41, 5.74) is 0. The topological polar surface area (TPSA) is 87.3 Å². The molecule has 2 rings (SSSR count). The van der Waals surface area contributed by atoms with Crippen LogP contribution in [0.1, 0.15) is 25.8 Å². The van der Waals surface area contributed by atoms with Crippen molar-refractivity contribution in [3.8, 4) is 0 Å². The molecule has 0 aromatic carbocycles. The van der Waals surface area contributed by atoms with Crippen LogP contribution in [-0.2, 0) is 9.53 Å². The first-order chi connectivity index (χ1) is 7.56. The lowest BCUT2D eigenvalue weighted by Gasteiger charge is -2.34. The Morgan fingerprint density at radius 1 is 1.69 bits per heavy atom. The Hall–Kier alpha value is -1.92. The van der Waals surface area contributed by atoms with Gasteiger partial charge in [-0.15, -0.1) is 0 Å². The minimum absolute atomic E-state index is 0.0658. The van der Waals surface area contributed by atoms with E-state index in [9.17, 15) is 14.9 Å². The summed E-state index contributed by atoms with van der Waals surface area (Å²) in [6.07, 6.45) is 4.14. The van der Waals surface area contributed by atoms with E-state index in [1.54, 1.807) is 4.57 Å². The molecule has 0 spiro atoms. The first kappa shape index (κ1) is 10.6. The molecule has 16 heavy (non-hydrogen) atoms. The Kier molecular flexibility index (Phi) is 2.59. The van der Waals surface area contributed by atoms with Gasteiger partial charge in [0.1, 0.15) is 12.3 Å². The summed E-state index contributed by atoms with van der Waals surface area (Å²) in [5, 5.41) is 10.4. The van der Waals surface area contributed by atoms with Crippen LogP contribution in [0, 0.1) is 10.1 Å². The molecule has 1 saturated carbocycles. The van der Waals surface area contributed by atoms with Gasteiger partial charge in [-0.3, -0.25) is 4.79 Å². The van der Waals surface area contributed by atoms with Crippen molar-refractivity contribution in [1.29, 1.82) is 0 Å². The molecule has 7 nitrogen and oxygen atoms in total. The lowest BCUT2D eigenvalue weighted by atomic mass is 9.89. The zero-order chi connectivity index (χ0) is 11.7. The Morgan fingerprint density at radius 2 is 2.38 bits per heavy atom. The predicted octanol–water partition coefficient (Wildman–Crippen LogP) is 1.06. The predicted molar refractivity (Wildman–Crippen MR) is 52.7 cm³/mol. The fourth-order valence-corrected chi connectivity index (χ4v) is 1.73. The van der Waals surface area contributed by atoms with Gasteiger partial charge in [-0.1, -0.05) is 0 Å². The van der Waals surface area contributed by atoms with E-state index in [0.717, 1.165) is 0 Å². The SMILES string of the molecule is CC(=O)OC1CC(n2cnc([N+](=O)[O-])c2)C1. The van der Waals surface area contributed by atoms with Gasteiger partial charge in [-0.2, -0.15) is 0 Å². The molecule has 1 heterocycles. The van der Waals surface area contributed by atoms with Crippen molar-refractivity contribution in [3.63, 3.8) is 0 Å². The van der Waals surface area contributed by atoms with Gasteiger partial charge < -0.3 is 19.4 Å². The zero-order valence-electron chi connectivity index (χ0n) is 8.70. The molecule has 0 N–H and O–H groups in total. The van der Waals surface area contributed by atoms with Crippen LogP contribution in [0.25, 0.3) is 0 Å². The number of imidazole rings is 1. The van der Waals surface area contributed by atoms with Crippen molar-refractivity contribution < 1.29 is 14.5 Å². The number of ether oxygens (including phenoxy) is 1. The van der Waals surface area contributed by atoms with Crippen LogP contribution in [0.3, 0.4) is 0 Å². The third-order valence-corrected chi connectivity index (χ3v) is 2.60. The molecule has 0 radical (unpaired) electrons. The second-order valence-electron chi connectivity index (χ2n) is 3.79. The number of esters is 1. The number of aromatic nitrogens is 2. The highest BCUT2D eigenvalue weighted by molar-refractivity contribution is 5.66. The minimum atomic E-state index is -0.529. The standard InChI is InChI=1S/C9H11N3O4/c1-6(13)16-8-2-7(3-8)11-4-9(10-5-11)12(14)15/h4-5,7-8H,2-3H2,1H3. The molecule has 1 aromatic rings. The first-order valence-corrected chi connectivity index (χ1v) is 4.91. The van der Waals surface area contributed by atoms with Crippen LogP contribution in [0.4, 0.5) is 5.82 Å². The van der Waals surface area contributed by atoms with Gasteiger partial charge in [-0.25, -0.2) is 0 Å². The second kappa shape index (κ2) is 3.92. The van der Waals surface area contributed by atoms with Crippen LogP contribution in [0.2, 0.25) is 0 Å². The average Bonchev–Trinajstić information content (AvgIpc) is 2.58. The molecule has 0 saturated heterocycles. The molecule has 0 aliphatic heterocycles. The molecule has 7 heteroatoms. The quantitative estimate of drug-likeness (QED) is 0.436. The Bertz CT molecular complexity index is 422. The van der Waals surface area contributed by atoms with Gasteiger partial charge in [0.05, 0.1) is 0 Å². The van der Waals surface area contributed by atoms with Gasteiger partial charge in [-0.05, 0) is 9.91 Å². The van der Waals surface area contributed by atoms with Crippen molar-refractivity contribution in [3.05, 3.63) is 22.6 Å². The molecular formula is C9H11N3O4. The maximum atomic E-state index is 10.7. The van der Waals surface area contributed by atoms with Gasteiger partial charge in [0.2, 0.25) is 6.33 Å². The fourth-order valence-electron chi connectivity index (χ4n) is 1.73. The van der Waals surface area contributed by atoms with E-state index in [-0.39, 0.29) is 23.9 Å². The molecule has 0 amide bonds. The summed E-state index contributed by atoms with van der Waals surface area (Å²) < 4.78 is 6.68. The molecule has 1 aromatic heterocycles. The highest BCUT2D eigenvalue weighted by Crippen LogP contribution is 2.34. The number of hydrogen-bond acceptors (Lipinski definition) is 5. The summed E-state index contributed by atoms with van der Waals surface area (Å²) in [7, 11) is 0.